The zero-order chi connectivity index (χ0) is 21.1. The van der Waals surface area contributed by atoms with Crippen molar-refractivity contribution >= 4 is 35.8 Å². The highest BCUT2D eigenvalue weighted by molar-refractivity contribution is 14.0. The number of nitrogens with zero attached hydrogens (tertiary/aromatic N) is 2. The second-order valence-corrected chi connectivity index (χ2v) is 6.70. The Morgan fingerprint density at radius 2 is 2.07 bits per heavy atom. The lowest BCUT2D eigenvalue weighted by atomic mass is 10.2. The quantitative estimate of drug-likeness (QED) is 0.280. The summed E-state index contributed by atoms with van der Waals surface area (Å²) in [6, 6.07) is 9.81. The normalized spacial score (nSPS) is 11.9. The molecule has 0 saturated carbocycles. The fourth-order valence-corrected chi connectivity index (χ4v) is 2.43. The van der Waals surface area contributed by atoms with Gasteiger partial charge in [-0.2, -0.15) is 0 Å². The van der Waals surface area contributed by atoms with Crippen molar-refractivity contribution < 1.29 is 18.3 Å². The Labute approximate surface area is 194 Å². The van der Waals surface area contributed by atoms with Gasteiger partial charge in [0.05, 0.1) is 12.8 Å². The maximum absolute atomic E-state index is 13.4. The number of carbonyl (C=O) groups excluding carboxylic acids is 1. The summed E-state index contributed by atoms with van der Waals surface area (Å²) in [6.07, 6.45) is 2.86. The van der Waals surface area contributed by atoms with Crippen molar-refractivity contribution in [3.05, 3.63) is 54.2 Å². The van der Waals surface area contributed by atoms with Gasteiger partial charge >= 0.3 is 0 Å². The molecule has 1 amide bonds. The van der Waals surface area contributed by atoms with Gasteiger partial charge in [-0.1, -0.05) is 13.0 Å². The van der Waals surface area contributed by atoms with Gasteiger partial charge in [0, 0.05) is 33.1 Å². The number of aliphatic imine (C=N–C) groups is 1. The van der Waals surface area contributed by atoms with E-state index in [1.165, 1.54) is 17.0 Å². The lowest BCUT2D eigenvalue weighted by Gasteiger charge is -2.20. The predicted molar refractivity (Wildman–Crippen MR) is 126 cm³/mol. The van der Waals surface area contributed by atoms with E-state index in [2.05, 4.69) is 15.6 Å². The highest BCUT2D eigenvalue weighted by Crippen LogP contribution is 2.14. The van der Waals surface area contributed by atoms with E-state index in [1.54, 1.807) is 32.5 Å². The van der Waals surface area contributed by atoms with Gasteiger partial charge in [-0.15, -0.1) is 24.0 Å². The molecule has 1 atom stereocenters. The molecule has 0 radical (unpaired) electrons. The van der Waals surface area contributed by atoms with Crippen LogP contribution in [-0.4, -0.2) is 56.6 Å². The largest absolute Gasteiger partial charge is 0.489 e. The van der Waals surface area contributed by atoms with Gasteiger partial charge in [-0.05, 0) is 30.7 Å². The molecule has 7 nitrogen and oxygen atoms in total. The summed E-state index contributed by atoms with van der Waals surface area (Å²) in [4.78, 5) is 17.7. The summed E-state index contributed by atoms with van der Waals surface area (Å²) in [5.41, 5.74) is 0. The number of nitrogens with one attached hydrogen (secondary N) is 2. The van der Waals surface area contributed by atoms with Crippen molar-refractivity contribution in [2.45, 2.75) is 25.9 Å². The van der Waals surface area contributed by atoms with E-state index >= 15 is 0 Å². The molecular formula is C21H30FIN4O3. The molecule has 1 aromatic carbocycles. The number of likely N-dealkylation sites (N-methyl/N-ethyl adjacent to an activating group) is 1. The summed E-state index contributed by atoms with van der Waals surface area (Å²) in [5, 5.41) is 6.40. The van der Waals surface area contributed by atoms with Gasteiger partial charge in [0.1, 0.15) is 30.0 Å². The predicted octanol–water partition coefficient (Wildman–Crippen LogP) is 3.06. The van der Waals surface area contributed by atoms with Crippen LogP contribution in [0.25, 0.3) is 0 Å². The molecule has 0 fully saturated rings. The van der Waals surface area contributed by atoms with Gasteiger partial charge in [0.2, 0.25) is 5.91 Å². The minimum atomic E-state index is -0.339. The van der Waals surface area contributed by atoms with Crippen LogP contribution in [0.4, 0.5) is 4.39 Å². The molecule has 30 heavy (non-hydrogen) atoms. The Morgan fingerprint density at radius 3 is 2.70 bits per heavy atom. The minimum absolute atomic E-state index is 0. The Balaban J connectivity index is 0.00000450. The van der Waals surface area contributed by atoms with E-state index in [0.717, 1.165) is 12.2 Å². The van der Waals surface area contributed by atoms with E-state index < -0.39 is 0 Å². The number of amides is 1. The van der Waals surface area contributed by atoms with Crippen LogP contribution in [0.3, 0.4) is 0 Å². The molecule has 1 aromatic heterocycles. The number of furan rings is 1. The third kappa shape index (κ3) is 9.47. The number of hydrogen-bond acceptors (Lipinski definition) is 4. The third-order valence-electron chi connectivity index (χ3n) is 4.17. The molecule has 0 saturated heterocycles. The molecule has 9 heteroatoms. The summed E-state index contributed by atoms with van der Waals surface area (Å²) in [7, 11) is 3.38. The molecule has 166 valence electrons. The van der Waals surface area contributed by atoms with E-state index in [-0.39, 0.29) is 48.3 Å². The molecule has 2 N–H and O–H groups in total. The third-order valence-corrected chi connectivity index (χ3v) is 4.17. The number of ether oxygens (including phenoxy) is 1. The van der Waals surface area contributed by atoms with Gasteiger partial charge in [-0.25, -0.2) is 9.38 Å². The van der Waals surface area contributed by atoms with Crippen LogP contribution in [0.15, 0.2) is 52.1 Å². The monoisotopic (exact) mass is 532 g/mol. The maximum Gasteiger partial charge on any atom is 0.243 e. The number of guanidine groups is 1. The Kier molecular flexibility index (Phi) is 11.9. The lowest BCUT2D eigenvalue weighted by Crippen LogP contribution is -2.43. The molecule has 0 spiro atoms. The summed E-state index contributed by atoms with van der Waals surface area (Å²) in [5.74, 6) is 1.41. The molecule has 0 aliphatic heterocycles. The van der Waals surface area contributed by atoms with Crippen molar-refractivity contribution in [3.63, 3.8) is 0 Å². The first kappa shape index (κ1) is 25.7. The SMILES string of the molecule is CCC(CNC(=NCC(=O)N(C)C)NCCc1ccco1)Oc1cccc(F)c1.I. The fourth-order valence-electron chi connectivity index (χ4n) is 2.43. The van der Waals surface area contributed by atoms with Crippen LogP contribution in [0, 0.1) is 5.82 Å². The number of carbonyl (C=O) groups is 1. The molecule has 1 unspecified atom stereocenters. The average molecular weight is 532 g/mol. The summed E-state index contributed by atoms with van der Waals surface area (Å²) in [6.45, 7) is 3.07. The molecule has 2 rings (SSSR count). The van der Waals surface area contributed by atoms with Crippen LogP contribution in [-0.2, 0) is 11.2 Å². The van der Waals surface area contributed by atoms with E-state index in [1.807, 2.05) is 19.1 Å². The van der Waals surface area contributed by atoms with Crippen LogP contribution in [0.5, 0.6) is 5.75 Å². The van der Waals surface area contributed by atoms with Crippen LogP contribution in [0.2, 0.25) is 0 Å². The topological polar surface area (TPSA) is 79.1 Å². The zero-order valence-electron chi connectivity index (χ0n) is 17.6. The van der Waals surface area contributed by atoms with Crippen molar-refractivity contribution in [1.29, 1.82) is 0 Å². The highest BCUT2D eigenvalue weighted by Gasteiger charge is 2.11. The van der Waals surface area contributed by atoms with Crippen LogP contribution in [0.1, 0.15) is 19.1 Å². The van der Waals surface area contributed by atoms with Crippen molar-refractivity contribution in [2.24, 2.45) is 4.99 Å². The first-order chi connectivity index (χ1) is 14.0. The summed E-state index contributed by atoms with van der Waals surface area (Å²) < 4.78 is 24.5. The van der Waals surface area contributed by atoms with Crippen molar-refractivity contribution in [1.82, 2.24) is 15.5 Å². The highest BCUT2D eigenvalue weighted by atomic mass is 127. The number of rotatable bonds is 10. The first-order valence-electron chi connectivity index (χ1n) is 9.65. The van der Waals surface area contributed by atoms with Crippen LogP contribution < -0.4 is 15.4 Å². The Hall–Kier alpha value is -2.30. The second kappa shape index (κ2) is 13.8. The average Bonchev–Trinajstić information content (AvgIpc) is 3.21. The molecule has 0 aliphatic carbocycles. The Morgan fingerprint density at radius 1 is 1.27 bits per heavy atom. The van der Waals surface area contributed by atoms with Gasteiger partial charge < -0.3 is 24.7 Å². The summed E-state index contributed by atoms with van der Waals surface area (Å²) >= 11 is 0. The smallest absolute Gasteiger partial charge is 0.243 e. The lowest BCUT2D eigenvalue weighted by molar-refractivity contribution is -0.127. The number of benzene rings is 1. The molecular weight excluding hydrogens is 502 g/mol. The fraction of sp³-hybridized carbons (Fsp3) is 0.429. The standard InChI is InChI=1S/C21H29FN4O3.HI/c1-4-17(29-19-8-5-7-16(22)13-19)14-24-21(25-15-20(27)26(2)3)23-11-10-18-9-6-12-28-18;/h5-9,12-13,17H,4,10-11,14-15H2,1-3H3,(H2,23,24,25);1H. The van der Waals surface area contributed by atoms with Crippen LogP contribution >= 0.6 is 24.0 Å². The first-order valence-corrected chi connectivity index (χ1v) is 9.65. The minimum Gasteiger partial charge on any atom is -0.489 e. The molecule has 2 aromatic rings. The Bertz CT molecular complexity index is 784. The van der Waals surface area contributed by atoms with Gasteiger partial charge in [0.15, 0.2) is 5.96 Å². The van der Waals surface area contributed by atoms with Crippen molar-refractivity contribution in [3.8, 4) is 5.75 Å². The van der Waals surface area contributed by atoms with Gasteiger partial charge in [0.25, 0.3) is 0 Å². The maximum atomic E-state index is 13.4. The number of halogens is 2. The van der Waals surface area contributed by atoms with Crippen molar-refractivity contribution in [2.75, 3.05) is 33.7 Å². The zero-order valence-corrected chi connectivity index (χ0v) is 19.9. The molecule has 1 heterocycles. The van der Waals surface area contributed by atoms with E-state index in [9.17, 15) is 9.18 Å². The molecule has 0 aliphatic rings. The second-order valence-electron chi connectivity index (χ2n) is 6.70. The van der Waals surface area contributed by atoms with E-state index in [0.29, 0.717) is 31.2 Å². The number of hydrogen-bond donors (Lipinski definition) is 2. The van der Waals surface area contributed by atoms with E-state index in [4.69, 9.17) is 9.15 Å². The van der Waals surface area contributed by atoms with Gasteiger partial charge in [-0.3, -0.25) is 4.79 Å². The molecule has 0 bridgehead atoms.